The molecule has 0 bridgehead atoms. The summed E-state index contributed by atoms with van der Waals surface area (Å²) in [6.07, 6.45) is 9.83. The van der Waals surface area contributed by atoms with Crippen molar-refractivity contribution in [1.82, 2.24) is 0 Å². The molecule has 1 rings (SSSR count). The van der Waals surface area contributed by atoms with Crippen molar-refractivity contribution in [3.05, 3.63) is 0 Å². The predicted molar refractivity (Wildman–Crippen MR) is 68.3 cm³/mol. The summed E-state index contributed by atoms with van der Waals surface area (Å²) in [5, 5.41) is 0. The van der Waals surface area contributed by atoms with E-state index >= 15 is 0 Å². The van der Waals surface area contributed by atoms with E-state index in [1.165, 1.54) is 38.5 Å². The van der Waals surface area contributed by atoms with Crippen LogP contribution in [0.5, 0.6) is 0 Å². The number of carbonyl (C=O) groups excluding carboxylic acids is 1. The molecule has 1 aliphatic heterocycles. The van der Waals surface area contributed by atoms with Crippen LogP contribution in [0.4, 0.5) is 0 Å². The average Bonchev–Trinajstić information content (AvgIpc) is 2.31. The normalized spacial score (nSPS) is 24.1. The molecule has 0 saturated heterocycles. The SMILES string of the molecule is NC(=O)C1C#CCCCCCCCCCCO1. The van der Waals surface area contributed by atoms with Crippen LogP contribution in [0.1, 0.15) is 57.8 Å². The van der Waals surface area contributed by atoms with Gasteiger partial charge in [-0.2, -0.15) is 0 Å². The molecule has 0 aliphatic carbocycles. The standard InChI is InChI=1S/C14H23NO2/c15-14(16)13-11-9-7-5-3-1-2-4-6-8-10-12-17-13/h13H,1-8,10,12H2,(H2,15,16). The van der Waals surface area contributed by atoms with Crippen molar-refractivity contribution < 1.29 is 9.53 Å². The van der Waals surface area contributed by atoms with E-state index in [0.717, 1.165) is 19.3 Å². The maximum Gasteiger partial charge on any atom is 0.259 e. The van der Waals surface area contributed by atoms with E-state index < -0.39 is 12.0 Å². The van der Waals surface area contributed by atoms with Gasteiger partial charge in [0.25, 0.3) is 5.91 Å². The van der Waals surface area contributed by atoms with Crippen molar-refractivity contribution in [2.24, 2.45) is 5.73 Å². The highest BCUT2D eigenvalue weighted by molar-refractivity contribution is 5.82. The van der Waals surface area contributed by atoms with Gasteiger partial charge in [0.15, 0.2) is 6.10 Å². The summed E-state index contributed by atoms with van der Waals surface area (Å²) in [6, 6.07) is 0. The summed E-state index contributed by atoms with van der Waals surface area (Å²) in [7, 11) is 0. The van der Waals surface area contributed by atoms with Gasteiger partial charge in [0.2, 0.25) is 0 Å². The Hall–Kier alpha value is -1.01. The number of hydrogen-bond acceptors (Lipinski definition) is 2. The molecule has 17 heavy (non-hydrogen) atoms. The molecule has 0 aromatic rings. The fourth-order valence-electron chi connectivity index (χ4n) is 1.94. The molecule has 0 radical (unpaired) electrons. The number of nitrogens with two attached hydrogens (primary N) is 1. The predicted octanol–water partition coefficient (Wildman–Crippen LogP) is 2.38. The Morgan fingerprint density at radius 2 is 1.59 bits per heavy atom. The zero-order valence-electron chi connectivity index (χ0n) is 10.5. The van der Waals surface area contributed by atoms with Gasteiger partial charge >= 0.3 is 0 Å². The lowest BCUT2D eigenvalue weighted by Gasteiger charge is -2.09. The van der Waals surface area contributed by atoms with Gasteiger partial charge in [-0.25, -0.2) is 0 Å². The first-order valence-electron chi connectivity index (χ1n) is 6.70. The number of ether oxygens (including phenoxy) is 1. The van der Waals surface area contributed by atoms with Crippen molar-refractivity contribution >= 4 is 5.91 Å². The quantitative estimate of drug-likeness (QED) is 0.712. The molecule has 1 heterocycles. The molecule has 1 aliphatic rings. The Morgan fingerprint density at radius 3 is 2.24 bits per heavy atom. The number of primary amides is 1. The third-order valence-electron chi connectivity index (χ3n) is 2.97. The second-order valence-electron chi connectivity index (χ2n) is 4.55. The van der Waals surface area contributed by atoms with Crippen LogP contribution in [0.25, 0.3) is 0 Å². The molecule has 1 amide bonds. The van der Waals surface area contributed by atoms with Crippen LogP contribution in [0.3, 0.4) is 0 Å². The maximum absolute atomic E-state index is 11.1. The van der Waals surface area contributed by atoms with Crippen LogP contribution in [0.2, 0.25) is 0 Å². The van der Waals surface area contributed by atoms with E-state index in [4.69, 9.17) is 10.5 Å². The fraction of sp³-hybridized carbons (Fsp3) is 0.786. The Kier molecular flexibility index (Phi) is 7.49. The second kappa shape index (κ2) is 9.07. The number of hydrogen-bond donors (Lipinski definition) is 1. The summed E-state index contributed by atoms with van der Waals surface area (Å²) in [5.74, 6) is 5.35. The third kappa shape index (κ3) is 7.01. The van der Waals surface area contributed by atoms with E-state index in [-0.39, 0.29) is 0 Å². The van der Waals surface area contributed by atoms with E-state index in [0.29, 0.717) is 6.61 Å². The van der Waals surface area contributed by atoms with Gasteiger partial charge in [0.05, 0.1) is 0 Å². The molecule has 3 nitrogen and oxygen atoms in total. The largest absolute Gasteiger partial charge is 0.367 e. The van der Waals surface area contributed by atoms with Crippen LogP contribution < -0.4 is 5.73 Å². The van der Waals surface area contributed by atoms with Crippen molar-refractivity contribution in [2.45, 2.75) is 63.9 Å². The monoisotopic (exact) mass is 237 g/mol. The third-order valence-corrected chi connectivity index (χ3v) is 2.97. The Bertz CT molecular complexity index is 278. The Balaban J connectivity index is 2.41. The van der Waals surface area contributed by atoms with E-state index in [9.17, 15) is 4.79 Å². The molecule has 1 atom stereocenters. The van der Waals surface area contributed by atoms with Gasteiger partial charge in [-0.3, -0.25) is 4.79 Å². The lowest BCUT2D eigenvalue weighted by atomic mass is 10.1. The van der Waals surface area contributed by atoms with Crippen LogP contribution in [-0.2, 0) is 9.53 Å². The number of rotatable bonds is 1. The van der Waals surface area contributed by atoms with Crippen LogP contribution in [-0.4, -0.2) is 18.6 Å². The van der Waals surface area contributed by atoms with E-state index in [2.05, 4.69) is 11.8 Å². The van der Waals surface area contributed by atoms with Crippen LogP contribution >= 0.6 is 0 Å². The average molecular weight is 237 g/mol. The minimum absolute atomic E-state index is 0.468. The molecule has 1 unspecified atom stereocenters. The van der Waals surface area contributed by atoms with Crippen molar-refractivity contribution in [1.29, 1.82) is 0 Å². The van der Waals surface area contributed by atoms with Crippen molar-refractivity contribution in [3.8, 4) is 11.8 Å². The highest BCUT2D eigenvalue weighted by Crippen LogP contribution is 2.10. The zero-order valence-corrected chi connectivity index (χ0v) is 10.5. The first kappa shape index (κ1) is 14.1. The van der Waals surface area contributed by atoms with Gasteiger partial charge in [-0.15, -0.1) is 5.92 Å². The van der Waals surface area contributed by atoms with Gasteiger partial charge in [0, 0.05) is 13.0 Å². The molecule has 0 saturated carbocycles. The van der Waals surface area contributed by atoms with E-state index in [1.807, 2.05) is 0 Å². The van der Waals surface area contributed by atoms with Gasteiger partial charge in [-0.05, 0) is 12.8 Å². The molecule has 0 fully saturated rings. The minimum Gasteiger partial charge on any atom is -0.367 e. The Labute approximate surface area is 104 Å². The molecule has 0 spiro atoms. The Morgan fingerprint density at radius 1 is 1.00 bits per heavy atom. The molecule has 0 aromatic heterocycles. The molecule has 3 heteroatoms. The molecule has 2 N–H and O–H groups in total. The lowest BCUT2D eigenvalue weighted by Crippen LogP contribution is -2.30. The lowest BCUT2D eigenvalue weighted by molar-refractivity contribution is -0.126. The maximum atomic E-state index is 11.1. The van der Waals surface area contributed by atoms with Gasteiger partial charge < -0.3 is 10.5 Å². The first-order chi connectivity index (χ1) is 8.30. The molecule has 0 aromatic carbocycles. The van der Waals surface area contributed by atoms with Crippen LogP contribution in [0, 0.1) is 11.8 Å². The molecule has 96 valence electrons. The highest BCUT2D eigenvalue weighted by Gasteiger charge is 2.11. The van der Waals surface area contributed by atoms with Crippen molar-refractivity contribution in [3.63, 3.8) is 0 Å². The minimum atomic E-state index is -0.710. The van der Waals surface area contributed by atoms with Crippen LogP contribution in [0.15, 0.2) is 0 Å². The second-order valence-corrected chi connectivity index (χ2v) is 4.55. The van der Waals surface area contributed by atoms with Gasteiger partial charge in [0.1, 0.15) is 0 Å². The first-order valence-corrected chi connectivity index (χ1v) is 6.70. The number of carbonyl (C=O) groups is 1. The molecular weight excluding hydrogens is 214 g/mol. The van der Waals surface area contributed by atoms with E-state index in [1.54, 1.807) is 0 Å². The summed E-state index contributed by atoms with van der Waals surface area (Å²) in [6.45, 7) is 0.586. The summed E-state index contributed by atoms with van der Waals surface area (Å²) >= 11 is 0. The highest BCUT2D eigenvalue weighted by atomic mass is 16.5. The van der Waals surface area contributed by atoms with Crippen molar-refractivity contribution in [2.75, 3.05) is 6.61 Å². The summed E-state index contributed by atoms with van der Waals surface area (Å²) in [5.41, 5.74) is 5.24. The molecular formula is C14H23NO2. The zero-order chi connectivity index (χ0) is 12.3. The summed E-state index contributed by atoms with van der Waals surface area (Å²) in [4.78, 5) is 11.1. The summed E-state index contributed by atoms with van der Waals surface area (Å²) < 4.78 is 5.40. The topological polar surface area (TPSA) is 52.3 Å². The smallest absolute Gasteiger partial charge is 0.259 e. The fourth-order valence-corrected chi connectivity index (χ4v) is 1.94. The van der Waals surface area contributed by atoms with Gasteiger partial charge in [-0.1, -0.05) is 44.4 Å². The number of amides is 1.